The minimum atomic E-state index is 0.198. The van der Waals surface area contributed by atoms with Gasteiger partial charge in [-0.2, -0.15) is 0 Å². The van der Waals surface area contributed by atoms with Crippen molar-refractivity contribution < 1.29 is 9.53 Å². The van der Waals surface area contributed by atoms with E-state index in [4.69, 9.17) is 4.74 Å². The molecule has 2 heterocycles. The van der Waals surface area contributed by atoms with Gasteiger partial charge in [-0.25, -0.2) is 4.79 Å². The van der Waals surface area contributed by atoms with E-state index in [9.17, 15) is 4.79 Å². The number of urea groups is 1. The maximum atomic E-state index is 12.4. The molecule has 2 amide bonds. The number of hydrogen-bond donors (Lipinski definition) is 0. The van der Waals surface area contributed by atoms with Gasteiger partial charge < -0.3 is 14.5 Å². The number of likely N-dealkylation sites (tertiary alicyclic amines) is 1. The van der Waals surface area contributed by atoms with Gasteiger partial charge in [-0.1, -0.05) is 30.3 Å². The number of morpholine rings is 1. The van der Waals surface area contributed by atoms with Crippen molar-refractivity contribution in [3.05, 3.63) is 35.9 Å². The van der Waals surface area contributed by atoms with E-state index in [0.717, 1.165) is 39.0 Å². The van der Waals surface area contributed by atoms with E-state index in [2.05, 4.69) is 24.3 Å². The maximum Gasteiger partial charge on any atom is 0.320 e. The predicted octanol–water partition coefficient (Wildman–Crippen LogP) is 2.00. The monoisotopic (exact) mass is 274 g/mol. The van der Waals surface area contributed by atoms with Crippen LogP contribution in [0.25, 0.3) is 0 Å². The Bertz CT molecular complexity index is 443. The molecule has 2 aliphatic rings. The third-order valence-electron chi connectivity index (χ3n) is 4.21. The lowest BCUT2D eigenvalue weighted by Gasteiger charge is -2.31. The lowest BCUT2D eigenvalue weighted by Crippen LogP contribution is -2.47. The number of rotatable bonds is 2. The lowest BCUT2D eigenvalue weighted by atomic mass is 9.99. The summed E-state index contributed by atoms with van der Waals surface area (Å²) in [6, 6.07) is 10.8. The van der Waals surface area contributed by atoms with Crippen LogP contribution < -0.4 is 0 Å². The topological polar surface area (TPSA) is 32.8 Å². The average molecular weight is 274 g/mol. The lowest BCUT2D eigenvalue weighted by molar-refractivity contribution is 0.0449. The zero-order valence-electron chi connectivity index (χ0n) is 11.8. The van der Waals surface area contributed by atoms with Crippen LogP contribution >= 0.6 is 0 Å². The van der Waals surface area contributed by atoms with Crippen molar-refractivity contribution in [3.63, 3.8) is 0 Å². The van der Waals surface area contributed by atoms with Crippen LogP contribution in [0.3, 0.4) is 0 Å². The number of hydrogen-bond acceptors (Lipinski definition) is 2. The molecule has 108 valence electrons. The molecule has 20 heavy (non-hydrogen) atoms. The molecule has 0 aliphatic carbocycles. The third-order valence-corrected chi connectivity index (χ3v) is 4.21. The van der Waals surface area contributed by atoms with Crippen LogP contribution in [0.15, 0.2) is 30.3 Å². The summed E-state index contributed by atoms with van der Waals surface area (Å²) in [6.45, 7) is 4.61. The Morgan fingerprint density at radius 3 is 2.60 bits per heavy atom. The summed E-state index contributed by atoms with van der Waals surface area (Å²) in [5.74, 6) is 0.599. The van der Waals surface area contributed by atoms with Crippen LogP contribution in [0.5, 0.6) is 0 Å². The first-order chi connectivity index (χ1) is 9.83. The normalized spacial score (nSPS) is 23.1. The Labute approximate surface area is 120 Å². The van der Waals surface area contributed by atoms with Crippen LogP contribution in [0.1, 0.15) is 12.0 Å². The number of carbonyl (C=O) groups excluding carboxylic acids is 1. The molecular formula is C16H22N2O2. The molecule has 0 bridgehead atoms. The minimum Gasteiger partial charge on any atom is -0.378 e. The van der Waals surface area contributed by atoms with Crippen molar-refractivity contribution >= 4 is 6.03 Å². The van der Waals surface area contributed by atoms with Gasteiger partial charge in [-0.05, 0) is 24.3 Å². The van der Waals surface area contributed by atoms with Gasteiger partial charge in [-0.15, -0.1) is 0 Å². The van der Waals surface area contributed by atoms with Gasteiger partial charge in [0.1, 0.15) is 0 Å². The number of benzene rings is 1. The largest absolute Gasteiger partial charge is 0.378 e. The van der Waals surface area contributed by atoms with E-state index in [1.54, 1.807) is 0 Å². The molecule has 2 aliphatic heterocycles. The summed E-state index contributed by atoms with van der Waals surface area (Å²) in [5.41, 5.74) is 1.37. The van der Waals surface area contributed by atoms with Crippen molar-refractivity contribution in [3.8, 4) is 0 Å². The highest BCUT2D eigenvalue weighted by Gasteiger charge is 2.29. The Balaban J connectivity index is 1.52. The molecule has 0 aromatic heterocycles. The summed E-state index contributed by atoms with van der Waals surface area (Å²) in [7, 11) is 0. The molecular weight excluding hydrogens is 252 g/mol. The quantitative estimate of drug-likeness (QED) is 0.826. The SMILES string of the molecule is O=C(N1CCOCC1)N1CCC(Cc2ccccc2)C1. The van der Waals surface area contributed by atoms with Crippen molar-refractivity contribution in [1.29, 1.82) is 0 Å². The molecule has 0 radical (unpaired) electrons. The van der Waals surface area contributed by atoms with Crippen LogP contribution in [-0.4, -0.2) is 55.2 Å². The van der Waals surface area contributed by atoms with Crippen molar-refractivity contribution in [1.82, 2.24) is 9.80 Å². The van der Waals surface area contributed by atoms with Gasteiger partial charge >= 0.3 is 6.03 Å². The standard InChI is InChI=1S/C16H22N2O2/c19-16(17-8-10-20-11-9-17)18-7-6-15(13-18)12-14-4-2-1-3-5-14/h1-5,15H,6-13H2. The van der Waals surface area contributed by atoms with E-state index in [-0.39, 0.29) is 6.03 Å². The van der Waals surface area contributed by atoms with Gasteiger partial charge in [0.15, 0.2) is 0 Å². The van der Waals surface area contributed by atoms with Crippen molar-refractivity contribution in [2.45, 2.75) is 12.8 Å². The Morgan fingerprint density at radius 1 is 1.10 bits per heavy atom. The molecule has 1 unspecified atom stereocenters. The molecule has 2 fully saturated rings. The predicted molar refractivity (Wildman–Crippen MR) is 77.6 cm³/mol. The van der Waals surface area contributed by atoms with Gasteiger partial charge in [0.2, 0.25) is 0 Å². The Hall–Kier alpha value is -1.55. The maximum absolute atomic E-state index is 12.4. The van der Waals surface area contributed by atoms with E-state index in [1.165, 1.54) is 5.56 Å². The number of ether oxygens (including phenoxy) is 1. The molecule has 4 nitrogen and oxygen atoms in total. The van der Waals surface area contributed by atoms with Crippen LogP contribution in [0.4, 0.5) is 4.79 Å². The summed E-state index contributed by atoms with van der Waals surface area (Å²) in [6.07, 6.45) is 2.19. The fraction of sp³-hybridized carbons (Fsp3) is 0.562. The summed E-state index contributed by atoms with van der Waals surface area (Å²) < 4.78 is 5.30. The second kappa shape index (κ2) is 6.27. The average Bonchev–Trinajstić information content (AvgIpc) is 2.97. The first-order valence-electron chi connectivity index (χ1n) is 7.48. The number of amides is 2. The van der Waals surface area contributed by atoms with Gasteiger partial charge in [-0.3, -0.25) is 0 Å². The molecule has 3 rings (SSSR count). The minimum absolute atomic E-state index is 0.198. The highest BCUT2D eigenvalue weighted by molar-refractivity contribution is 5.74. The highest BCUT2D eigenvalue weighted by Crippen LogP contribution is 2.22. The number of carbonyl (C=O) groups is 1. The van der Waals surface area contributed by atoms with Crippen molar-refractivity contribution in [2.75, 3.05) is 39.4 Å². The zero-order valence-corrected chi connectivity index (χ0v) is 11.8. The summed E-state index contributed by atoms with van der Waals surface area (Å²) in [4.78, 5) is 16.3. The molecule has 4 heteroatoms. The highest BCUT2D eigenvalue weighted by atomic mass is 16.5. The zero-order chi connectivity index (χ0) is 13.8. The Morgan fingerprint density at radius 2 is 1.85 bits per heavy atom. The van der Waals surface area contributed by atoms with Crippen molar-refractivity contribution in [2.24, 2.45) is 5.92 Å². The second-order valence-corrected chi connectivity index (χ2v) is 5.67. The van der Waals surface area contributed by atoms with Gasteiger partial charge in [0.05, 0.1) is 13.2 Å². The van der Waals surface area contributed by atoms with Crippen LogP contribution in [-0.2, 0) is 11.2 Å². The van der Waals surface area contributed by atoms with Gasteiger partial charge in [0.25, 0.3) is 0 Å². The van der Waals surface area contributed by atoms with E-state index < -0.39 is 0 Å². The second-order valence-electron chi connectivity index (χ2n) is 5.67. The molecule has 1 aromatic rings. The summed E-state index contributed by atoms with van der Waals surface area (Å²) in [5, 5.41) is 0. The fourth-order valence-corrected chi connectivity index (χ4v) is 3.08. The molecule has 0 N–H and O–H groups in total. The molecule has 0 saturated carbocycles. The third kappa shape index (κ3) is 3.12. The Kier molecular flexibility index (Phi) is 4.21. The van der Waals surface area contributed by atoms with E-state index in [0.29, 0.717) is 19.1 Å². The van der Waals surface area contributed by atoms with Crippen LogP contribution in [0.2, 0.25) is 0 Å². The van der Waals surface area contributed by atoms with E-state index >= 15 is 0 Å². The van der Waals surface area contributed by atoms with E-state index in [1.807, 2.05) is 15.9 Å². The fourth-order valence-electron chi connectivity index (χ4n) is 3.08. The summed E-state index contributed by atoms with van der Waals surface area (Å²) >= 11 is 0. The first-order valence-corrected chi connectivity index (χ1v) is 7.48. The first kappa shape index (κ1) is 13.4. The number of nitrogens with zero attached hydrogens (tertiary/aromatic N) is 2. The molecule has 2 saturated heterocycles. The van der Waals surface area contributed by atoms with Gasteiger partial charge in [0, 0.05) is 26.2 Å². The molecule has 0 spiro atoms. The van der Waals surface area contributed by atoms with Crippen LogP contribution in [0, 0.1) is 5.92 Å². The smallest absolute Gasteiger partial charge is 0.320 e. The molecule has 1 aromatic carbocycles. The molecule has 1 atom stereocenters.